The third-order valence-electron chi connectivity index (χ3n) is 3.29. The molecule has 0 radical (unpaired) electrons. The molecule has 3 N–H and O–H groups in total. The van der Waals surface area contributed by atoms with Crippen LogP contribution in [-0.4, -0.2) is 24.8 Å². The molecule has 0 amide bonds. The fourth-order valence-electron chi connectivity index (χ4n) is 2.33. The standard InChI is InChI=1S/C13H20N2O/c1-10-8-11(12(14)9-16)4-5-13(10)15-6-2-3-7-15/h4-5,8,12,16H,2-3,6-7,9,14H2,1H3/t12-/m1/s1. The maximum Gasteiger partial charge on any atom is 0.0624 e. The number of hydrogen-bond acceptors (Lipinski definition) is 3. The van der Waals surface area contributed by atoms with E-state index >= 15 is 0 Å². The van der Waals surface area contributed by atoms with Crippen LogP contribution in [-0.2, 0) is 0 Å². The summed E-state index contributed by atoms with van der Waals surface area (Å²) in [5.74, 6) is 0. The van der Waals surface area contributed by atoms with Gasteiger partial charge in [-0.3, -0.25) is 0 Å². The van der Waals surface area contributed by atoms with E-state index < -0.39 is 0 Å². The van der Waals surface area contributed by atoms with Crippen molar-refractivity contribution in [2.45, 2.75) is 25.8 Å². The first-order chi connectivity index (χ1) is 7.72. The van der Waals surface area contributed by atoms with Crippen molar-refractivity contribution in [2.75, 3.05) is 24.6 Å². The predicted octanol–water partition coefficient (Wildman–Crippen LogP) is 1.59. The number of nitrogens with zero attached hydrogens (tertiary/aromatic N) is 1. The van der Waals surface area contributed by atoms with Crippen LogP contribution >= 0.6 is 0 Å². The second kappa shape index (κ2) is 4.85. The van der Waals surface area contributed by atoms with E-state index in [1.54, 1.807) is 0 Å². The third kappa shape index (κ3) is 2.20. The molecule has 1 atom stereocenters. The molecule has 0 aromatic heterocycles. The molecule has 0 bridgehead atoms. The maximum absolute atomic E-state index is 9.02. The number of rotatable bonds is 3. The Morgan fingerprint density at radius 3 is 2.62 bits per heavy atom. The molecule has 3 heteroatoms. The highest BCUT2D eigenvalue weighted by Gasteiger charge is 2.15. The fraction of sp³-hybridized carbons (Fsp3) is 0.538. The molecule has 1 aliphatic rings. The SMILES string of the molecule is Cc1cc([C@H](N)CO)ccc1N1CCCC1. The summed E-state index contributed by atoms with van der Waals surface area (Å²) < 4.78 is 0. The van der Waals surface area contributed by atoms with Crippen molar-refractivity contribution in [3.05, 3.63) is 29.3 Å². The van der Waals surface area contributed by atoms with Gasteiger partial charge in [0.15, 0.2) is 0 Å². The number of benzene rings is 1. The molecule has 1 saturated heterocycles. The lowest BCUT2D eigenvalue weighted by Crippen LogP contribution is -2.19. The zero-order valence-corrected chi connectivity index (χ0v) is 9.82. The Morgan fingerprint density at radius 1 is 1.38 bits per heavy atom. The first-order valence-electron chi connectivity index (χ1n) is 5.94. The lowest BCUT2D eigenvalue weighted by molar-refractivity contribution is 0.268. The van der Waals surface area contributed by atoms with E-state index in [0.717, 1.165) is 18.7 Å². The molecular formula is C13H20N2O. The van der Waals surface area contributed by atoms with Gasteiger partial charge in [-0.25, -0.2) is 0 Å². The number of anilines is 1. The number of aliphatic hydroxyl groups is 1. The summed E-state index contributed by atoms with van der Waals surface area (Å²) in [4.78, 5) is 2.42. The Morgan fingerprint density at radius 2 is 2.06 bits per heavy atom. The molecule has 2 rings (SSSR count). The highest BCUT2D eigenvalue weighted by Crippen LogP contribution is 2.26. The summed E-state index contributed by atoms with van der Waals surface area (Å²) in [5.41, 5.74) is 9.38. The van der Waals surface area contributed by atoms with Crippen molar-refractivity contribution in [3.8, 4) is 0 Å². The number of aliphatic hydroxyl groups excluding tert-OH is 1. The number of hydrogen-bond donors (Lipinski definition) is 2. The predicted molar refractivity (Wildman–Crippen MR) is 66.6 cm³/mol. The molecule has 1 fully saturated rings. The van der Waals surface area contributed by atoms with Gasteiger partial charge in [0.05, 0.1) is 12.6 Å². The third-order valence-corrected chi connectivity index (χ3v) is 3.29. The lowest BCUT2D eigenvalue weighted by atomic mass is 10.0. The second-order valence-corrected chi connectivity index (χ2v) is 4.53. The smallest absolute Gasteiger partial charge is 0.0624 e. The topological polar surface area (TPSA) is 49.5 Å². The van der Waals surface area contributed by atoms with Crippen LogP contribution in [0.4, 0.5) is 5.69 Å². The molecule has 1 aromatic carbocycles. The second-order valence-electron chi connectivity index (χ2n) is 4.53. The molecule has 0 spiro atoms. The Labute approximate surface area is 96.9 Å². The van der Waals surface area contributed by atoms with Crippen LogP contribution in [0.5, 0.6) is 0 Å². The molecule has 0 saturated carbocycles. The largest absolute Gasteiger partial charge is 0.394 e. The first-order valence-corrected chi connectivity index (χ1v) is 5.94. The van der Waals surface area contributed by atoms with Gasteiger partial charge in [-0.05, 0) is 37.0 Å². The minimum atomic E-state index is -0.258. The van der Waals surface area contributed by atoms with Gasteiger partial charge in [-0.1, -0.05) is 12.1 Å². The van der Waals surface area contributed by atoms with Crippen LogP contribution in [0, 0.1) is 6.92 Å². The summed E-state index contributed by atoms with van der Waals surface area (Å²) in [7, 11) is 0. The van der Waals surface area contributed by atoms with Crippen LogP contribution in [0.3, 0.4) is 0 Å². The minimum absolute atomic E-state index is 0.00248. The molecule has 16 heavy (non-hydrogen) atoms. The van der Waals surface area contributed by atoms with Crippen molar-refractivity contribution in [3.63, 3.8) is 0 Å². The van der Waals surface area contributed by atoms with E-state index in [0.29, 0.717) is 0 Å². The van der Waals surface area contributed by atoms with Crippen molar-refractivity contribution in [2.24, 2.45) is 5.73 Å². The Hall–Kier alpha value is -1.06. The molecule has 88 valence electrons. The van der Waals surface area contributed by atoms with Gasteiger partial charge >= 0.3 is 0 Å². The van der Waals surface area contributed by atoms with Crippen molar-refractivity contribution in [1.29, 1.82) is 0 Å². The monoisotopic (exact) mass is 220 g/mol. The average molecular weight is 220 g/mol. The van der Waals surface area contributed by atoms with Gasteiger partial charge < -0.3 is 15.7 Å². The highest BCUT2D eigenvalue weighted by molar-refractivity contribution is 5.55. The summed E-state index contributed by atoms with van der Waals surface area (Å²) in [6.45, 7) is 4.43. The summed E-state index contributed by atoms with van der Waals surface area (Å²) in [6, 6.07) is 5.99. The van der Waals surface area contributed by atoms with E-state index in [9.17, 15) is 0 Å². The molecular weight excluding hydrogens is 200 g/mol. The van der Waals surface area contributed by atoms with Crippen LogP contribution in [0.15, 0.2) is 18.2 Å². The van der Waals surface area contributed by atoms with Crippen LogP contribution in [0.25, 0.3) is 0 Å². The van der Waals surface area contributed by atoms with E-state index in [2.05, 4.69) is 24.0 Å². The molecule has 1 aliphatic heterocycles. The summed E-state index contributed by atoms with van der Waals surface area (Å²) >= 11 is 0. The Bertz CT molecular complexity index is 359. The Balaban J connectivity index is 2.22. The quantitative estimate of drug-likeness (QED) is 0.813. The van der Waals surface area contributed by atoms with Gasteiger partial charge in [0.25, 0.3) is 0 Å². The number of nitrogens with two attached hydrogens (primary N) is 1. The minimum Gasteiger partial charge on any atom is -0.394 e. The van der Waals surface area contributed by atoms with Gasteiger partial charge in [0, 0.05) is 18.8 Å². The number of aryl methyl sites for hydroxylation is 1. The molecule has 1 heterocycles. The van der Waals surface area contributed by atoms with E-state index in [1.807, 2.05) is 6.07 Å². The van der Waals surface area contributed by atoms with Crippen molar-refractivity contribution in [1.82, 2.24) is 0 Å². The summed E-state index contributed by atoms with van der Waals surface area (Å²) in [5, 5.41) is 9.02. The zero-order chi connectivity index (χ0) is 11.5. The van der Waals surface area contributed by atoms with Crippen LogP contribution in [0.2, 0.25) is 0 Å². The maximum atomic E-state index is 9.02. The van der Waals surface area contributed by atoms with Crippen LogP contribution in [0.1, 0.15) is 30.0 Å². The molecule has 0 unspecified atom stereocenters. The molecule has 1 aromatic rings. The van der Waals surface area contributed by atoms with Crippen molar-refractivity contribution >= 4 is 5.69 Å². The zero-order valence-electron chi connectivity index (χ0n) is 9.82. The van der Waals surface area contributed by atoms with Gasteiger partial charge in [0.1, 0.15) is 0 Å². The van der Waals surface area contributed by atoms with Gasteiger partial charge in [0.2, 0.25) is 0 Å². The van der Waals surface area contributed by atoms with Gasteiger partial charge in [-0.15, -0.1) is 0 Å². The van der Waals surface area contributed by atoms with Crippen molar-refractivity contribution < 1.29 is 5.11 Å². The summed E-state index contributed by atoms with van der Waals surface area (Å²) in [6.07, 6.45) is 2.58. The Kier molecular flexibility index (Phi) is 3.46. The van der Waals surface area contributed by atoms with Crippen LogP contribution < -0.4 is 10.6 Å². The van der Waals surface area contributed by atoms with E-state index in [4.69, 9.17) is 10.8 Å². The fourth-order valence-corrected chi connectivity index (χ4v) is 2.33. The van der Waals surface area contributed by atoms with E-state index in [1.165, 1.54) is 24.1 Å². The first kappa shape index (κ1) is 11.4. The molecule has 3 nitrogen and oxygen atoms in total. The van der Waals surface area contributed by atoms with E-state index in [-0.39, 0.29) is 12.6 Å². The highest BCUT2D eigenvalue weighted by atomic mass is 16.3. The van der Waals surface area contributed by atoms with Gasteiger partial charge in [-0.2, -0.15) is 0 Å². The normalized spacial score (nSPS) is 17.8. The molecule has 0 aliphatic carbocycles. The lowest BCUT2D eigenvalue weighted by Gasteiger charge is -2.21. The average Bonchev–Trinajstić information content (AvgIpc) is 2.81.